The monoisotopic (exact) mass is 274 g/mol. The minimum absolute atomic E-state index is 0.0558. The standard InChI is InChI=1S/C15H22N4O/c1-11(2)8-19-15(17-10-18-19)9-20-14-7-5-4-6-13(14)12(3)16/h4-7,10-12H,8-9,16H2,1-3H3/t12-/m0/s1. The molecular formula is C15H22N4O. The van der Waals surface area contributed by atoms with Crippen LogP contribution in [0.4, 0.5) is 0 Å². The number of rotatable bonds is 6. The first-order valence-corrected chi connectivity index (χ1v) is 6.92. The second-order valence-electron chi connectivity index (χ2n) is 5.37. The lowest BCUT2D eigenvalue weighted by atomic mass is 10.1. The highest BCUT2D eigenvalue weighted by Crippen LogP contribution is 2.23. The third-order valence-electron chi connectivity index (χ3n) is 3.00. The smallest absolute Gasteiger partial charge is 0.164 e. The Morgan fingerprint density at radius 1 is 1.25 bits per heavy atom. The van der Waals surface area contributed by atoms with Crippen LogP contribution in [0.15, 0.2) is 30.6 Å². The lowest BCUT2D eigenvalue weighted by molar-refractivity contribution is 0.279. The Labute approximate surface area is 119 Å². The topological polar surface area (TPSA) is 66.0 Å². The fraction of sp³-hybridized carbons (Fsp3) is 0.467. The Bertz CT molecular complexity index is 548. The molecule has 0 aliphatic rings. The van der Waals surface area contributed by atoms with Crippen molar-refractivity contribution >= 4 is 0 Å². The van der Waals surface area contributed by atoms with Crippen molar-refractivity contribution in [3.63, 3.8) is 0 Å². The van der Waals surface area contributed by atoms with E-state index in [9.17, 15) is 0 Å². The first kappa shape index (κ1) is 14.5. The van der Waals surface area contributed by atoms with Gasteiger partial charge in [0, 0.05) is 18.2 Å². The Balaban J connectivity index is 2.08. The Kier molecular flexibility index (Phi) is 4.74. The number of hydrogen-bond donors (Lipinski definition) is 1. The van der Waals surface area contributed by atoms with Crippen LogP contribution in [0, 0.1) is 5.92 Å². The minimum Gasteiger partial charge on any atom is -0.485 e. The molecule has 108 valence electrons. The summed E-state index contributed by atoms with van der Waals surface area (Å²) in [5.74, 6) is 2.16. The highest BCUT2D eigenvalue weighted by molar-refractivity contribution is 5.35. The van der Waals surface area contributed by atoms with Crippen LogP contribution in [0.1, 0.15) is 38.2 Å². The number of hydrogen-bond acceptors (Lipinski definition) is 4. The highest BCUT2D eigenvalue weighted by Gasteiger charge is 2.10. The lowest BCUT2D eigenvalue weighted by Crippen LogP contribution is -2.13. The van der Waals surface area contributed by atoms with Crippen LogP contribution in [-0.2, 0) is 13.2 Å². The van der Waals surface area contributed by atoms with Gasteiger partial charge in [-0.3, -0.25) is 0 Å². The van der Waals surface area contributed by atoms with Crippen molar-refractivity contribution in [3.05, 3.63) is 42.0 Å². The van der Waals surface area contributed by atoms with E-state index in [1.807, 2.05) is 35.9 Å². The van der Waals surface area contributed by atoms with Crippen molar-refractivity contribution < 1.29 is 4.74 Å². The number of nitrogens with zero attached hydrogens (tertiary/aromatic N) is 3. The molecule has 0 saturated carbocycles. The quantitative estimate of drug-likeness (QED) is 0.879. The molecule has 0 unspecified atom stereocenters. The second-order valence-corrected chi connectivity index (χ2v) is 5.37. The third kappa shape index (κ3) is 3.57. The highest BCUT2D eigenvalue weighted by atomic mass is 16.5. The van der Waals surface area contributed by atoms with E-state index in [1.54, 1.807) is 6.33 Å². The molecular weight excluding hydrogens is 252 g/mol. The Morgan fingerprint density at radius 2 is 2.00 bits per heavy atom. The molecule has 1 heterocycles. The number of aromatic nitrogens is 3. The summed E-state index contributed by atoms with van der Waals surface area (Å²) in [6.07, 6.45) is 1.57. The summed E-state index contributed by atoms with van der Waals surface area (Å²) < 4.78 is 7.75. The molecule has 2 aromatic rings. The number of para-hydroxylation sites is 1. The maximum atomic E-state index is 5.95. The van der Waals surface area contributed by atoms with Crippen LogP contribution in [0.25, 0.3) is 0 Å². The van der Waals surface area contributed by atoms with E-state index < -0.39 is 0 Å². The van der Waals surface area contributed by atoms with Crippen LogP contribution < -0.4 is 10.5 Å². The van der Waals surface area contributed by atoms with Gasteiger partial charge >= 0.3 is 0 Å². The molecule has 0 spiro atoms. The maximum absolute atomic E-state index is 5.95. The number of ether oxygens (including phenoxy) is 1. The van der Waals surface area contributed by atoms with Gasteiger partial charge in [-0.25, -0.2) is 9.67 Å². The molecule has 0 fully saturated rings. The predicted molar refractivity (Wildman–Crippen MR) is 78.2 cm³/mol. The molecule has 5 nitrogen and oxygen atoms in total. The van der Waals surface area contributed by atoms with Gasteiger partial charge in [0.15, 0.2) is 5.82 Å². The van der Waals surface area contributed by atoms with E-state index in [0.29, 0.717) is 12.5 Å². The summed E-state index contributed by atoms with van der Waals surface area (Å²) in [6, 6.07) is 7.77. The van der Waals surface area contributed by atoms with Gasteiger partial charge in [0.25, 0.3) is 0 Å². The summed E-state index contributed by atoms with van der Waals surface area (Å²) in [4.78, 5) is 4.25. The Hall–Kier alpha value is -1.88. The molecule has 1 atom stereocenters. The minimum atomic E-state index is -0.0558. The van der Waals surface area contributed by atoms with Crippen molar-refractivity contribution in [3.8, 4) is 5.75 Å². The van der Waals surface area contributed by atoms with E-state index >= 15 is 0 Å². The fourth-order valence-electron chi connectivity index (χ4n) is 2.03. The lowest BCUT2D eigenvalue weighted by Gasteiger charge is -2.14. The fourth-order valence-corrected chi connectivity index (χ4v) is 2.03. The molecule has 5 heteroatoms. The molecule has 0 aliphatic carbocycles. The molecule has 0 bridgehead atoms. The van der Waals surface area contributed by atoms with Crippen LogP contribution in [-0.4, -0.2) is 14.8 Å². The van der Waals surface area contributed by atoms with Gasteiger partial charge in [0.05, 0.1) is 0 Å². The molecule has 0 radical (unpaired) electrons. The molecule has 0 amide bonds. The molecule has 1 aromatic heterocycles. The van der Waals surface area contributed by atoms with Gasteiger partial charge in [-0.15, -0.1) is 0 Å². The molecule has 0 aliphatic heterocycles. The number of benzene rings is 1. The average molecular weight is 274 g/mol. The normalized spacial score (nSPS) is 12.7. The van der Waals surface area contributed by atoms with Gasteiger partial charge in [0.1, 0.15) is 18.7 Å². The van der Waals surface area contributed by atoms with E-state index in [1.165, 1.54) is 0 Å². The predicted octanol–water partition coefficient (Wildman–Crippen LogP) is 2.53. The van der Waals surface area contributed by atoms with Crippen molar-refractivity contribution in [2.45, 2.75) is 40.0 Å². The summed E-state index contributed by atoms with van der Waals surface area (Å²) in [6.45, 7) is 7.49. The molecule has 2 rings (SSSR count). The number of nitrogens with two attached hydrogens (primary N) is 1. The van der Waals surface area contributed by atoms with Crippen molar-refractivity contribution in [1.82, 2.24) is 14.8 Å². The van der Waals surface area contributed by atoms with Crippen LogP contribution in [0.3, 0.4) is 0 Å². The van der Waals surface area contributed by atoms with E-state index in [4.69, 9.17) is 10.5 Å². The molecule has 0 saturated heterocycles. The van der Waals surface area contributed by atoms with Gasteiger partial charge in [-0.05, 0) is 18.9 Å². The Morgan fingerprint density at radius 3 is 2.70 bits per heavy atom. The SMILES string of the molecule is CC(C)Cn1ncnc1COc1ccccc1[C@H](C)N. The van der Waals surface area contributed by atoms with Crippen molar-refractivity contribution in [1.29, 1.82) is 0 Å². The van der Waals surface area contributed by atoms with Gasteiger partial charge < -0.3 is 10.5 Å². The van der Waals surface area contributed by atoms with Gasteiger partial charge in [-0.2, -0.15) is 5.10 Å². The zero-order valence-electron chi connectivity index (χ0n) is 12.3. The van der Waals surface area contributed by atoms with E-state index in [2.05, 4.69) is 23.9 Å². The van der Waals surface area contributed by atoms with Gasteiger partial charge in [0.2, 0.25) is 0 Å². The first-order chi connectivity index (χ1) is 9.58. The maximum Gasteiger partial charge on any atom is 0.164 e. The first-order valence-electron chi connectivity index (χ1n) is 6.92. The summed E-state index contributed by atoms with van der Waals surface area (Å²) >= 11 is 0. The average Bonchev–Trinajstić information content (AvgIpc) is 2.83. The molecule has 2 N–H and O–H groups in total. The molecule has 20 heavy (non-hydrogen) atoms. The zero-order chi connectivity index (χ0) is 14.5. The van der Waals surface area contributed by atoms with Gasteiger partial charge in [-0.1, -0.05) is 32.0 Å². The van der Waals surface area contributed by atoms with Crippen molar-refractivity contribution in [2.75, 3.05) is 0 Å². The van der Waals surface area contributed by atoms with Crippen LogP contribution >= 0.6 is 0 Å². The molecule has 1 aromatic carbocycles. The van der Waals surface area contributed by atoms with Crippen LogP contribution in [0.5, 0.6) is 5.75 Å². The zero-order valence-corrected chi connectivity index (χ0v) is 12.3. The summed E-state index contributed by atoms with van der Waals surface area (Å²) in [5, 5.41) is 4.23. The van der Waals surface area contributed by atoms with E-state index in [-0.39, 0.29) is 6.04 Å². The van der Waals surface area contributed by atoms with Crippen molar-refractivity contribution in [2.24, 2.45) is 11.7 Å². The summed E-state index contributed by atoms with van der Waals surface area (Å²) in [5.41, 5.74) is 6.95. The van der Waals surface area contributed by atoms with E-state index in [0.717, 1.165) is 23.7 Å². The third-order valence-corrected chi connectivity index (χ3v) is 3.00. The second kappa shape index (κ2) is 6.52. The van der Waals surface area contributed by atoms with Crippen LogP contribution in [0.2, 0.25) is 0 Å². The largest absolute Gasteiger partial charge is 0.485 e. The summed E-state index contributed by atoms with van der Waals surface area (Å²) in [7, 11) is 0.